The number of carbonyl (C=O) groups is 1. The van der Waals surface area contributed by atoms with Crippen LogP contribution in [0.2, 0.25) is 0 Å². The van der Waals surface area contributed by atoms with Crippen LogP contribution in [-0.4, -0.2) is 30.4 Å². The Bertz CT molecular complexity index is 505. The van der Waals surface area contributed by atoms with Gasteiger partial charge in [-0.3, -0.25) is 5.32 Å². The normalized spacial score (nSPS) is 20.9. The fraction of sp³-hybridized carbons (Fsp3) is 0.588. The molecule has 5 heteroatoms. The number of carbonyl (C=O) groups excluding carboxylic acids is 1. The van der Waals surface area contributed by atoms with E-state index in [1.807, 2.05) is 52.0 Å². The second kappa shape index (κ2) is 7.01. The largest absolute Gasteiger partial charge is 0.444 e. The smallest absolute Gasteiger partial charge is 0.412 e. The van der Waals surface area contributed by atoms with Crippen molar-refractivity contribution in [3.05, 3.63) is 24.3 Å². The van der Waals surface area contributed by atoms with Gasteiger partial charge in [0, 0.05) is 12.6 Å². The van der Waals surface area contributed by atoms with E-state index in [0.717, 1.165) is 30.8 Å². The zero-order valence-corrected chi connectivity index (χ0v) is 13.8. The molecule has 1 aliphatic carbocycles. The molecule has 0 spiro atoms. The average Bonchev–Trinajstić information content (AvgIpc) is 2.36. The van der Waals surface area contributed by atoms with Gasteiger partial charge in [0.15, 0.2) is 0 Å². The molecule has 1 aliphatic rings. The number of anilines is 2. The van der Waals surface area contributed by atoms with Crippen molar-refractivity contribution in [2.24, 2.45) is 0 Å². The van der Waals surface area contributed by atoms with Crippen molar-refractivity contribution < 1.29 is 14.3 Å². The summed E-state index contributed by atoms with van der Waals surface area (Å²) < 4.78 is 10.9. The first-order chi connectivity index (χ1) is 10.4. The summed E-state index contributed by atoms with van der Waals surface area (Å²) in [5, 5.41) is 6.26. The number of rotatable bonds is 5. The maximum atomic E-state index is 11.9. The molecule has 22 heavy (non-hydrogen) atoms. The predicted molar refractivity (Wildman–Crippen MR) is 88.4 cm³/mol. The number of nitrogens with one attached hydrogen (secondary N) is 2. The molecule has 0 atom stereocenters. The molecule has 122 valence electrons. The van der Waals surface area contributed by atoms with Crippen LogP contribution in [0.25, 0.3) is 0 Å². The molecule has 0 heterocycles. The van der Waals surface area contributed by atoms with Crippen molar-refractivity contribution in [2.45, 2.75) is 58.3 Å². The minimum absolute atomic E-state index is 0.355. The van der Waals surface area contributed by atoms with Crippen LogP contribution in [0.4, 0.5) is 16.2 Å². The Balaban J connectivity index is 1.92. The quantitative estimate of drug-likeness (QED) is 0.863. The van der Waals surface area contributed by atoms with E-state index in [0.29, 0.717) is 12.1 Å². The van der Waals surface area contributed by atoms with Gasteiger partial charge in [-0.15, -0.1) is 0 Å². The summed E-state index contributed by atoms with van der Waals surface area (Å²) >= 11 is 0. The molecule has 1 fully saturated rings. The number of para-hydroxylation sites is 2. The van der Waals surface area contributed by atoms with Crippen molar-refractivity contribution in [3.8, 4) is 0 Å². The standard InChI is InChI=1S/C17H26N2O3/c1-5-21-13-10-12(11-13)18-14-8-6-7-9-15(14)19-16(20)22-17(2,3)4/h6-9,12-13,18H,5,10-11H2,1-4H3,(H,19,20). The van der Waals surface area contributed by atoms with Crippen LogP contribution in [0.15, 0.2) is 24.3 Å². The lowest BCUT2D eigenvalue weighted by atomic mass is 9.89. The van der Waals surface area contributed by atoms with Gasteiger partial charge in [-0.05, 0) is 52.7 Å². The lowest BCUT2D eigenvalue weighted by Gasteiger charge is -2.36. The molecular weight excluding hydrogens is 280 g/mol. The molecule has 5 nitrogen and oxygen atoms in total. The van der Waals surface area contributed by atoms with Crippen molar-refractivity contribution in [1.82, 2.24) is 0 Å². The third kappa shape index (κ3) is 4.91. The van der Waals surface area contributed by atoms with E-state index >= 15 is 0 Å². The number of hydrogen-bond donors (Lipinski definition) is 2. The Hall–Kier alpha value is -1.75. The fourth-order valence-electron chi connectivity index (χ4n) is 2.41. The van der Waals surface area contributed by atoms with Gasteiger partial charge in [0.25, 0.3) is 0 Å². The first kappa shape index (κ1) is 16.6. The highest BCUT2D eigenvalue weighted by Gasteiger charge is 2.29. The Labute approximate surface area is 132 Å². The summed E-state index contributed by atoms with van der Waals surface area (Å²) in [6, 6.07) is 8.05. The molecule has 0 aliphatic heterocycles. The number of ether oxygens (including phenoxy) is 2. The molecular formula is C17H26N2O3. The van der Waals surface area contributed by atoms with Crippen LogP contribution in [0.1, 0.15) is 40.5 Å². The van der Waals surface area contributed by atoms with E-state index in [2.05, 4.69) is 10.6 Å². The summed E-state index contributed by atoms with van der Waals surface area (Å²) in [6.45, 7) is 8.31. The van der Waals surface area contributed by atoms with E-state index in [1.54, 1.807) is 0 Å². The van der Waals surface area contributed by atoms with Crippen LogP contribution in [-0.2, 0) is 9.47 Å². The van der Waals surface area contributed by atoms with E-state index in [9.17, 15) is 4.79 Å². The third-order valence-corrected chi connectivity index (χ3v) is 3.42. The van der Waals surface area contributed by atoms with Crippen molar-refractivity contribution in [1.29, 1.82) is 0 Å². The topological polar surface area (TPSA) is 59.6 Å². The van der Waals surface area contributed by atoms with E-state index < -0.39 is 11.7 Å². The van der Waals surface area contributed by atoms with E-state index in [1.165, 1.54) is 0 Å². The summed E-state index contributed by atoms with van der Waals surface area (Å²) in [5.74, 6) is 0. The highest BCUT2D eigenvalue weighted by atomic mass is 16.6. The number of benzene rings is 1. The minimum Gasteiger partial charge on any atom is -0.444 e. The van der Waals surface area contributed by atoms with Gasteiger partial charge in [0.05, 0.1) is 17.5 Å². The SMILES string of the molecule is CCOC1CC(Nc2ccccc2NC(=O)OC(C)(C)C)C1. The molecule has 0 aromatic heterocycles. The van der Waals surface area contributed by atoms with Crippen molar-refractivity contribution in [3.63, 3.8) is 0 Å². The van der Waals surface area contributed by atoms with Crippen molar-refractivity contribution >= 4 is 17.5 Å². The highest BCUT2D eigenvalue weighted by Crippen LogP contribution is 2.30. The van der Waals surface area contributed by atoms with Crippen LogP contribution >= 0.6 is 0 Å². The van der Waals surface area contributed by atoms with E-state index in [-0.39, 0.29) is 0 Å². The molecule has 1 aromatic rings. The second-order valence-electron chi connectivity index (χ2n) is 6.56. The van der Waals surface area contributed by atoms with Crippen LogP contribution < -0.4 is 10.6 Å². The van der Waals surface area contributed by atoms with Gasteiger partial charge in [-0.25, -0.2) is 4.79 Å². The number of hydrogen-bond acceptors (Lipinski definition) is 4. The summed E-state index contributed by atoms with van der Waals surface area (Å²) in [4.78, 5) is 11.9. The van der Waals surface area contributed by atoms with Crippen molar-refractivity contribution in [2.75, 3.05) is 17.2 Å². The lowest BCUT2D eigenvalue weighted by Crippen LogP contribution is -2.41. The number of amides is 1. The zero-order chi connectivity index (χ0) is 16.2. The minimum atomic E-state index is -0.509. The molecule has 1 amide bonds. The van der Waals surface area contributed by atoms with Gasteiger partial charge < -0.3 is 14.8 Å². The Morgan fingerprint density at radius 1 is 1.23 bits per heavy atom. The molecule has 1 saturated carbocycles. The molecule has 0 unspecified atom stereocenters. The Kier molecular flexibility index (Phi) is 5.29. The monoisotopic (exact) mass is 306 g/mol. The maximum absolute atomic E-state index is 11.9. The zero-order valence-electron chi connectivity index (χ0n) is 13.8. The first-order valence-corrected chi connectivity index (χ1v) is 7.84. The summed E-state index contributed by atoms with van der Waals surface area (Å²) in [5.41, 5.74) is 1.13. The van der Waals surface area contributed by atoms with Gasteiger partial charge in [-0.1, -0.05) is 12.1 Å². The Morgan fingerprint density at radius 2 is 1.86 bits per heavy atom. The van der Waals surface area contributed by atoms with Gasteiger partial charge in [0.1, 0.15) is 5.60 Å². The highest BCUT2D eigenvalue weighted by molar-refractivity contribution is 5.89. The lowest BCUT2D eigenvalue weighted by molar-refractivity contribution is 0.00299. The molecule has 2 N–H and O–H groups in total. The van der Waals surface area contributed by atoms with Crippen LogP contribution in [0, 0.1) is 0 Å². The average molecular weight is 306 g/mol. The fourth-order valence-corrected chi connectivity index (χ4v) is 2.41. The second-order valence-corrected chi connectivity index (χ2v) is 6.56. The molecule has 0 bridgehead atoms. The van der Waals surface area contributed by atoms with E-state index in [4.69, 9.17) is 9.47 Å². The molecule has 0 saturated heterocycles. The predicted octanol–water partition coefficient (Wildman–Crippen LogP) is 4.01. The third-order valence-electron chi connectivity index (χ3n) is 3.42. The molecule has 1 aromatic carbocycles. The van der Waals surface area contributed by atoms with Gasteiger partial charge >= 0.3 is 6.09 Å². The van der Waals surface area contributed by atoms with Crippen LogP contribution in [0.5, 0.6) is 0 Å². The van der Waals surface area contributed by atoms with Gasteiger partial charge in [-0.2, -0.15) is 0 Å². The Morgan fingerprint density at radius 3 is 2.45 bits per heavy atom. The summed E-state index contributed by atoms with van der Waals surface area (Å²) in [6.07, 6.45) is 1.90. The summed E-state index contributed by atoms with van der Waals surface area (Å²) in [7, 11) is 0. The molecule has 0 radical (unpaired) electrons. The molecule has 2 rings (SSSR count). The van der Waals surface area contributed by atoms with Crippen LogP contribution in [0.3, 0.4) is 0 Å². The first-order valence-electron chi connectivity index (χ1n) is 7.84. The maximum Gasteiger partial charge on any atom is 0.412 e. The van der Waals surface area contributed by atoms with Gasteiger partial charge in [0.2, 0.25) is 0 Å².